The molecule has 0 fully saturated rings. The van der Waals surface area contributed by atoms with Crippen LogP contribution in [-0.4, -0.2) is 30.0 Å². The maximum absolute atomic E-state index is 13.0. The van der Waals surface area contributed by atoms with E-state index in [1.807, 2.05) is 42.6 Å². The highest BCUT2D eigenvalue weighted by molar-refractivity contribution is 7.09. The Morgan fingerprint density at radius 3 is 2.90 bits per heavy atom. The summed E-state index contributed by atoms with van der Waals surface area (Å²) in [5.41, 5.74) is 4.43. The van der Waals surface area contributed by atoms with Gasteiger partial charge in [-0.3, -0.25) is 9.78 Å². The Labute approximate surface area is 174 Å². The van der Waals surface area contributed by atoms with Crippen molar-refractivity contribution in [3.63, 3.8) is 0 Å². The Morgan fingerprint density at radius 1 is 1.21 bits per heavy atom. The van der Waals surface area contributed by atoms with Crippen LogP contribution >= 0.6 is 11.3 Å². The minimum Gasteiger partial charge on any atom is -0.452 e. The first-order valence-electron chi connectivity index (χ1n) is 10.00. The Bertz CT molecular complexity index is 1040. The molecule has 1 aromatic carbocycles. The third-order valence-electron chi connectivity index (χ3n) is 5.23. The summed E-state index contributed by atoms with van der Waals surface area (Å²) in [5.74, 6) is -0.715. The lowest BCUT2D eigenvalue weighted by Gasteiger charge is -2.20. The zero-order valence-corrected chi connectivity index (χ0v) is 17.3. The predicted molar refractivity (Wildman–Crippen MR) is 114 cm³/mol. The van der Waals surface area contributed by atoms with Crippen LogP contribution in [0.25, 0.3) is 10.9 Å². The lowest BCUT2D eigenvalue weighted by Crippen LogP contribution is -2.30. The number of hydrogen-bond acceptors (Lipinski definition) is 5. The van der Waals surface area contributed by atoms with Gasteiger partial charge in [-0.15, -0.1) is 11.3 Å². The summed E-state index contributed by atoms with van der Waals surface area (Å²) in [4.78, 5) is 31.1. The van der Waals surface area contributed by atoms with E-state index in [1.165, 1.54) is 4.88 Å². The summed E-state index contributed by atoms with van der Waals surface area (Å²) in [7, 11) is 0. The minimum absolute atomic E-state index is 0.270. The van der Waals surface area contributed by atoms with Gasteiger partial charge in [-0.25, -0.2) is 4.79 Å². The van der Waals surface area contributed by atoms with Crippen molar-refractivity contribution in [1.82, 2.24) is 10.3 Å². The van der Waals surface area contributed by atoms with Gasteiger partial charge in [-0.1, -0.05) is 17.7 Å². The predicted octanol–water partition coefficient (Wildman–Crippen LogP) is 4.00. The zero-order valence-electron chi connectivity index (χ0n) is 16.5. The Morgan fingerprint density at radius 2 is 2.07 bits per heavy atom. The molecule has 4 rings (SSSR count). The van der Waals surface area contributed by atoms with Crippen molar-refractivity contribution in [2.75, 3.05) is 13.2 Å². The number of thiophene rings is 1. The molecular formula is C23H24N2O3S. The maximum atomic E-state index is 13.0. The number of rotatable bonds is 6. The molecule has 29 heavy (non-hydrogen) atoms. The summed E-state index contributed by atoms with van der Waals surface area (Å²) >= 11 is 1.66. The highest BCUT2D eigenvalue weighted by atomic mass is 32.1. The van der Waals surface area contributed by atoms with Gasteiger partial charge in [0.05, 0.1) is 11.1 Å². The second-order valence-electron chi connectivity index (χ2n) is 7.40. The molecule has 2 heterocycles. The van der Waals surface area contributed by atoms with Crippen LogP contribution in [0.3, 0.4) is 0 Å². The molecule has 0 unspecified atom stereocenters. The number of nitrogens with one attached hydrogen (secondary N) is 1. The monoisotopic (exact) mass is 408 g/mol. The molecule has 0 atom stereocenters. The molecule has 3 aromatic rings. The highest BCUT2D eigenvalue weighted by Crippen LogP contribution is 2.30. The van der Waals surface area contributed by atoms with E-state index in [4.69, 9.17) is 9.72 Å². The van der Waals surface area contributed by atoms with E-state index in [-0.39, 0.29) is 12.5 Å². The average Bonchev–Trinajstić information content (AvgIpc) is 3.24. The maximum Gasteiger partial charge on any atom is 0.339 e. The van der Waals surface area contributed by atoms with E-state index in [1.54, 1.807) is 11.3 Å². The first-order valence-corrected chi connectivity index (χ1v) is 10.9. The number of ether oxygens (including phenoxy) is 1. The van der Waals surface area contributed by atoms with Crippen molar-refractivity contribution in [3.8, 4) is 0 Å². The number of nitrogens with zero attached hydrogens (tertiary/aromatic N) is 1. The summed E-state index contributed by atoms with van der Waals surface area (Å²) < 4.78 is 5.42. The van der Waals surface area contributed by atoms with Crippen LogP contribution in [0.5, 0.6) is 0 Å². The number of amides is 1. The van der Waals surface area contributed by atoms with Gasteiger partial charge in [-0.2, -0.15) is 0 Å². The quantitative estimate of drug-likeness (QED) is 0.626. The van der Waals surface area contributed by atoms with Gasteiger partial charge in [0.15, 0.2) is 6.61 Å². The SMILES string of the molecule is Cc1ccc2nc3c(c(C(=O)OCC(=O)NCCc4cccs4)c2c1)CCCC3. The fourth-order valence-electron chi connectivity index (χ4n) is 3.81. The van der Waals surface area contributed by atoms with Gasteiger partial charge in [0, 0.05) is 22.5 Å². The molecule has 1 amide bonds. The molecule has 1 N–H and O–H groups in total. The summed E-state index contributed by atoms with van der Waals surface area (Å²) in [6.07, 6.45) is 4.60. The lowest BCUT2D eigenvalue weighted by molar-refractivity contribution is -0.124. The van der Waals surface area contributed by atoms with Crippen molar-refractivity contribution in [2.45, 2.75) is 39.0 Å². The molecule has 1 aliphatic carbocycles. The third kappa shape index (κ3) is 4.48. The molecule has 0 saturated carbocycles. The number of aromatic nitrogens is 1. The molecule has 0 aliphatic heterocycles. The van der Waals surface area contributed by atoms with Gasteiger partial charge >= 0.3 is 5.97 Å². The van der Waals surface area contributed by atoms with Crippen LogP contribution in [0, 0.1) is 6.92 Å². The van der Waals surface area contributed by atoms with Gasteiger partial charge in [0.2, 0.25) is 0 Å². The van der Waals surface area contributed by atoms with E-state index in [2.05, 4.69) is 5.32 Å². The normalized spacial score (nSPS) is 13.1. The Hall–Kier alpha value is -2.73. The van der Waals surface area contributed by atoms with Crippen molar-refractivity contribution < 1.29 is 14.3 Å². The molecule has 0 bridgehead atoms. The number of pyridine rings is 1. The van der Waals surface area contributed by atoms with Crippen molar-refractivity contribution >= 4 is 34.1 Å². The van der Waals surface area contributed by atoms with E-state index < -0.39 is 5.97 Å². The van der Waals surface area contributed by atoms with Crippen molar-refractivity contribution in [3.05, 3.63) is 63.0 Å². The number of carbonyl (C=O) groups is 2. The van der Waals surface area contributed by atoms with Crippen molar-refractivity contribution in [2.24, 2.45) is 0 Å². The summed E-state index contributed by atoms with van der Waals surface area (Å²) in [6, 6.07) is 9.96. The fraction of sp³-hybridized carbons (Fsp3) is 0.348. The molecule has 0 radical (unpaired) electrons. The molecule has 6 heteroatoms. The van der Waals surface area contributed by atoms with Gasteiger partial charge in [-0.05, 0) is 68.2 Å². The van der Waals surface area contributed by atoms with Crippen LogP contribution in [0.2, 0.25) is 0 Å². The summed E-state index contributed by atoms with van der Waals surface area (Å²) in [6.45, 7) is 2.26. The summed E-state index contributed by atoms with van der Waals surface area (Å²) in [5, 5.41) is 5.64. The number of hydrogen-bond donors (Lipinski definition) is 1. The number of carbonyl (C=O) groups excluding carboxylic acids is 2. The van der Waals surface area contributed by atoms with E-state index in [0.717, 1.165) is 59.8 Å². The number of fused-ring (bicyclic) bond motifs is 2. The second-order valence-corrected chi connectivity index (χ2v) is 8.43. The van der Waals surface area contributed by atoms with Crippen LogP contribution < -0.4 is 5.32 Å². The minimum atomic E-state index is -0.436. The molecule has 0 spiro atoms. The number of esters is 1. The fourth-order valence-corrected chi connectivity index (χ4v) is 4.51. The standard InChI is InChI=1S/C23H24N2O3S/c1-15-8-9-20-18(13-15)22(17-6-2-3-7-19(17)25-20)23(27)28-14-21(26)24-11-10-16-5-4-12-29-16/h4-5,8-9,12-13H,2-3,6-7,10-11,14H2,1H3,(H,24,26). The molecule has 5 nitrogen and oxygen atoms in total. The Kier molecular flexibility index (Phi) is 5.90. The first kappa shape index (κ1) is 19.6. The molecule has 0 saturated heterocycles. The third-order valence-corrected chi connectivity index (χ3v) is 6.17. The van der Waals surface area contributed by atoms with Crippen LogP contribution in [0.15, 0.2) is 35.7 Å². The average molecular weight is 409 g/mol. The molecule has 150 valence electrons. The number of benzene rings is 1. The van der Waals surface area contributed by atoms with Crippen molar-refractivity contribution in [1.29, 1.82) is 0 Å². The topological polar surface area (TPSA) is 68.3 Å². The first-order chi connectivity index (χ1) is 14.1. The zero-order chi connectivity index (χ0) is 20.2. The largest absolute Gasteiger partial charge is 0.452 e. The van der Waals surface area contributed by atoms with Gasteiger partial charge in [0.25, 0.3) is 5.91 Å². The lowest BCUT2D eigenvalue weighted by atomic mass is 9.89. The Balaban J connectivity index is 1.47. The second kappa shape index (κ2) is 8.74. The van der Waals surface area contributed by atoms with Gasteiger partial charge in [0.1, 0.15) is 0 Å². The van der Waals surface area contributed by atoms with Crippen LogP contribution in [0.4, 0.5) is 0 Å². The van der Waals surface area contributed by atoms with Crippen LogP contribution in [0.1, 0.15) is 44.9 Å². The highest BCUT2D eigenvalue weighted by Gasteiger charge is 2.24. The van der Waals surface area contributed by atoms with Crippen LogP contribution in [-0.2, 0) is 28.8 Å². The molecule has 1 aliphatic rings. The molecule has 2 aromatic heterocycles. The van der Waals surface area contributed by atoms with Gasteiger partial charge < -0.3 is 10.1 Å². The van der Waals surface area contributed by atoms with E-state index >= 15 is 0 Å². The number of aryl methyl sites for hydroxylation is 2. The molecular weight excluding hydrogens is 384 g/mol. The smallest absolute Gasteiger partial charge is 0.339 e. The van der Waals surface area contributed by atoms with E-state index in [0.29, 0.717) is 12.1 Å². The van der Waals surface area contributed by atoms with E-state index in [9.17, 15) is 9.59 Å².